The van der Waals surface area contributed by atoms with Crippen molar-refractivity contribution < 1.29 is 27.5 Å². The van der Waals surface area contributed by atoms with Gasteiger partial charge in [-0.2, -0.15) is 4.99 Å². The fraction of sp³-hybridized carbons (Fsp3) is 0.158. The van der Waals surface area contributed by atoms with Crippen LogP contribution in [0.2, 0.25) is 0 Å². The number of thiazole rings is 1. The highest BCUT2D eigenvalue weighted by Crippen LogP contribution is 2.21. The van der Waals surface area contributed by atoms with Crippen LogP contribution in [0, 0.1) is 0 Å². The van der Waals surface area contributed by atoms with Crippen LogP contribution < -0.4 is 9.94 Å². The molecular weight excluding hydrogens is 430 g/mol. The molecule has 0 fully saturated rings. The van der Waals surface area contributed by atoms with E-state index in [-0.39, 0.29) is 27.6 Å². The second-order valence-electron chi connectivity index (χ2n) is 6.27. The van der Waals surface area contributed by atoms with Gasteiger partial charge < -0.3 is 9.30 Å². The van der Waals surface area contributed by atoms with Crippen molar-refractivity contribution in [1.82, 2.24) is 4.57 Å². The molecule has 0 aliphatic heterocycles. The number of aromatic nitrogens is 1. The Morgan fingerprint density at radius 1 is 1.10 bits per heavy atom. The third-order valence-electron chi connectivity index (χ3n) is 4.23. The largest absolute Gasteiger partial charge is 0.468 e. The minimum absolute atomic E-state index is 0.0980. The van der Waals surface area contributed by atoms with Crippen LogP contribution in [0.25, 0.3) is 10.2 Å². The lowest BCUT2D eigenvalue weighted by Crippen LogP contribution is -2.22. The summed E-state index contributed by atoms with van der Waals surface area (Å²) < 4.78 is 29.9. The summed E-state index contributed by atoms with van der Waals surface area (Å²) in [6.07, 6.45) is 0. The van der Waals surface area contributed by atoms with E-state index in [2.05, 4.69) is 4.99 Å². The number of esters is 1. The van der Waals surface area contributed by atoms with Crippen LogP contribution in [0.3, 0.4) is 0 Å². The first kappa shape index (κ1) is 21.6. The molecule has 3 rings (SSSR count). The number of Topliss-reactive ketones (excluding diaryl/α,β-unsaturated/α-hetero) is 1. The number of carbonyl (C=O) groups excluding carboxylic acids is 3. The average molecular weight is 447 g/mol. The number of ether oxygens (including phenoxy) is 1. The zero-order chi connectivity index (χ0) is 22.1. The van der Waals surface area contributed by atoms with E-state index in [0.717, 1.165) is 11.3 Å². The van der Waals surface area contributed by atoms with Gasteiger partial charge in [0.25, 0.3) is 5.91 Å². The minimum atomic E-state index is -3.92. The van der Waals surface area contributed by atoms with Gasteiger partial charge in [0.1, 0.15) is 6.54 Å². The maximum absolute atomic E-state index is 12.6. The van der Waals surface area contributed by atoms with Crippen molar-refractivity contribution in [3.63, 3.8) is 0 Å². The summed E-state index contributed by atoms with van der Waals surface area (Å²) in [4.78, 5) is 40.0. The molecule has 0 unspecified atom stereocenters. The van der Waals surface area contributed by atoms with Gasteiger partial charge in [-0.05, 0) is 37.3 Å². The fourth-order valence-corrected chi connectivity index (χ4v) is 4.34. The zero-order valence-corrected chi connectivity index (χ0v) is 17.6. The van der Waals surface area contributed by atoms with Crippen LogP contribution in [0.4, 0.5) is 0 Å². The van der Waals surface area contributed by atoms with E-state index in [1.807, 2.05) is 0 Å². The van der Waals surface area contributed by atoms with Crippen LogP contribution in [-0.4, -0.2) is 37.8 Å². The van der Waals surface area contributed by atoms with Crippen LogP contribution in [-0.2, 0) is 26.1 Å². The highest BCUT2D eigenvalue weighted by atomic mass is 32.2. The molecule has 3 aromatic rings. The maximum Gasteiger partial charge on any atom is 0.325 e. The predicted molar refractivity (Wildman–Crippen MR) is 110 cm³/mol. The minimum Gasteiger partial charge on any atom is -0.468 e. The monoisotopic (exact) mass is 447 g/mol. The van der Waals surface area contributed by atoms with Crippen molar-refractivity contribution in [2.24, 2.45) is 10.1 Å². The van der Waals surface area contributed by atoms with Crippen LogP contribution in [0.5, 0.6) is 0 Å². The summed E-state index contributed by atoms with van der Waals surface area (Å²) in [5.74, 6) is -1.27. The van der Waals surface area contributed by atoms with Crippen molar-refractivity contribution in [3.05, 3.63) is 58.4 Å². The van der Waals surface area contributed by atoms with Gasteiger partial charge in [0.2, 0.25) is 10.0 Å². The van der Waals surface area contributed by atoms with E-state index in [4.69, 9.17) is 9.88 Å². The van der Waals surface area contributed by atoms with E-state index in [1.165, 1.54) is 61.1 Å². The summed E-state index contributed by atoms with van der Waals surface area (Å²) in [6.45, 7) is 1.20. The first-order valence-corrected chi connectivity index (χ1v) is 10.9. The topological polar surface area (TPSA) is 138 Å². The predicted octanol–water partition coefficient (Wildman–Crippen LogP) is 1.47. The van der Waals surface area contributed by atoms with Gasteiger partial charge in [-0.15, -0.1) is 0 Å². The quantitative estimate of drug-likeness (QED) is 0.464. The first-order valence-electron chi connectivity index (χ1n) is 8.53. The van der Waals surface area contributed by atoms with E-state index >= 15 is 0 Å². The molecule has 1 heterocycles. The number of nitrogens with two attached hydrogens (primary N) is 1. The number of fused-ring (bicyclic) bond motifs is 1. The Balaban J connectivity index is 2.14. The zero-order valence-electron chi connectivity index (χ0n) is 16.0. The average Bonchev–Trinajstić information content (AvgIpc) is 3.03. The van der Waals surface area contributed by atoms with Crippen molar-refractivity contribution in [2.45, 2.75) is 18.4 Å². The van der Waals surface area contributed by atoms with Crippen molar-refractivity contribution in [2.75, 3.05) is 7.11 Å². The lowest BCUT2D eigenvalue weighted by Gasteiger charge is -2.04. The number of ketones is 1. The number of amides is 1. The molecule has 0 bridgehead atoms. The lowest BCUT2D eigenvalue weighted by atomic mass is 10.1. The molecule has 2 aromatic carbocycles. The number of carbonyl (C=O) groups is 3. The Kier molecular flexibility index (Phi) is 5.97. The standard InChI is InChI=1S/C19H17N3O6S2/c1-11(23)12-3-5-13(6-4-12)18(25)21-19-22(10-17(24)28-2)15-8-7-14(30(20,26)27)9-16(15)29-19/h3-9H,10H2,1-2H3,(H2,20,26,27). The highest BCUT2D eigenvalue weighted by Gasteiger charge is 2.16. The Morgan fingerprint density at radius 2 is 1.73 bits per heavy atom. The Hall–Kier alpha value is -3.15. The van der Waals surface area contributed by atoms with Gasteiger partial charge in [-0.25, -0.2) is 13.6 Å². The third-order valence-corrected chi connectivity index (χ3v) is 6.19. The van der Waals surface area contributed by atoms with E-state index in [9.17, 15) is 22.8 Å². The van der Waals surface area contributed by atoms with E-state index in [0.29, 0.717) is 15.8 Å². The van der Waals surface area contributed by atoms with Gasteiger partial charge in [-0.3, -0.25) is 14.4 Å². The summed E-state index contributed by atoms with van der Waals surface area (Å²) in [5.41, 5.74) is 1.22. The number of hydrogen-bond acceptors (Lipinski definition) is 7. The first-order chi connectivity index (χ1) is 14.1. The molecule has 1 amide bonds. The van der Waals surface area contributed by atoms with Gasteiger partial charge >= 0.3 is 5.97 Å². The molecule has 0 atom stereocenters. The maximum atomic E-state index is 12.6. The lowest BCUT2D eigenvalue weighted by molar-refractivity contribution is -0.141. The SMILES string of the molecule is COC(=O)Cn1c(=NC(=O)c2ccc(C(C)=O)cc2)sc2cc(S(N)(=O)=O)ccc21. The normalized spacial score (nSPS) is 12.2. The van der Waals surface area contributed by atoms with Crippen molar-refractivity contribution in [3.8, 4) is 0 Å². The number of nitrogens with zero attached hydrogens (tertiary/aromatic N) is 2. The second-order valence-corrected chi connectivity index (χ2v) is 8.84. The summed E-state index contributed by atoms with van der Waals surface area (Å²) in [5, 5.41) is 5.18. The third kappa shape index (κ3) is 4.53. The second kappa shape index (κ2) is 8.30. The Labute approximate surface area is 175 Å². The Morgan fingerprint density at radius 3 is 2.30 bits per heavy atom. The molecule has 9 nitrogen and oxygen atoms in total. The summed E-state index contributed by atoms with van der Waals surface area (Å²) >= 11 is 1.03. The number of primary sulfonamides is 1. The molecule has 0 saturated heterocycles. The molecule has 0 radical (unpaired) electrons. The highest BCUT2D eigenvalue weighted by molar-refractivity contribution is 7.89. The van der Waals surface area contributed by atoms with Gasteiger partial charge in [0.05, 0.1) is 22.2 Å². The number of sulfonamides is 1. The molecule has 11 heteroatoms. The van der Waals surface area contributed by atoms with E-state index < -0.39 is 21.9 Å². The van der Waals surface area contributed by atoms with Gasteiger partial charge in [-0.1, -0.05) is 23.5 Å². The molecule has 2 N–H and O–H groups in total. The van der Waals surface area contributed by atoms with Gasteiger partial charge in [0, 0.05) is 11.1 Å². The van der Waals surface area contributed by atoms with Gasteiger partial charge in [0.15, 0.2) is 10.6 Å². The van der Waals surface area contributed by atoms with E-state index in [1.54, 1.807) is 0 Å². The molecule has 156 valence electrons. The molecule has 30 heavy (non-hydrogen) atoms. The molecule has 0 aliphatic carbocycles. The smallest absolute Gasteiger partial charge is 0.325 e. The number of benzene rings is 2. The molecular formula is C19H17N3O6S2. The number of methoxy groups -OCH3 is 1. The Bertz CT molecular complexity index is 1330. The van der Waals surface area contributed by atoms with Crippen LogP contribution >= 0.6 is 11.3 Å². The van der Waals surface area contributed by atoms with Crippen molar-refractivity contribution in [1.29, 1.82) is 0 Å². The van der Waals surface area contributed by atoms with Crippen molar-refractivity contribution >= 4 is 49.2 Å². The van der Waals surface area contributed by atoms with Crippen LogP contribution in [0.1, 0.15) is 27.6 Å². The molecule has 0 saturated carbocycles. The fourth-order valence-electron chi connectivity index (χ4n) is 2.66. The summed E-state index contributed by atoms with van der Waals surface area (Å²) in [6, 6.07) is 10.2. The van der Waals surface area contributed by atoms with Crippen LogP contribution in [0.15, 0.2) is 52.4 Å². The summed E-state index contributed by atoms with van der Waals surface area (Å²) in [7, 11) is -2.69. The molecule has 0 aliphatic rings. The molecule has 1 aromatic heterocycles. The molecule has 0 spiro atoms. The number of hydrogen-bond donors (Lipinski definition) is 1. The number of rotatable bonds is 5.